The third-order valence-electron chi connectivity index (χ3n) is 3.33. The summed E-state index contributed by atoms with van der Waals surface area (Å²) in [5, 5.41) is 2.78. The molecule has 0 fully saturated rings. The first-order valence-corrected chi connectivity index (χ1v) is 6.72. The van der Waals surface area contributed by atoms with Crippen molar-refractivity contribution in [1.29, 1.82) is 0 Å². The predicted molar refractivity (Wildman–Crippen MR) is 81.8 cm³/mol. The van der Waals surface area contributed by atoms with Gasteiger partial charge in [0.2, 0.25) is 0 Å². The molecule has 0 spiro atoms. The number of halogens is 1. The number of carbonyl (C=O) groups is 1. The standard InChI is InChI=1S/C16H18FN3O/c1-9(2)11-6-4-5-10(3)14(11)20-16(21)12-7-8-19-15(18)13(12)17/h4-9H,1-3H3,(H2,18,19)(H,20,21). The van der Waals surface area contributed by atoms with E-state index in [1.165, 1.54) is 12.3 Å². The Kier molecular flexibility index (Phi) is 4.21. The molecule has 0 aliphatic carbocycles. The average Bonchev–Trinajstić information content (AvgIpc) is 2.43. The van der Waals surface area contributed by atoms with Crippen LogP contribution >= 0.6 is 0 Å². The molecule has 0 aliphatic heterocycles. The van der Waals surface area contributed by atoms with Crippen molar-refractivity contribution in [2.24, 2.45) is 0 Å². The Morgan fingerprint density at radius 2 is 2.05 bits per heavy atom. The average molecular weight is 287 g/mol. The molecule has 0 unspecified atom stereocenters. The van der Waals surface area contributed by atoms with Gasteiger partial charge in [-0.25, -0.2) is 9.37 Å². The Bertz CT molecular complexity index is 683. The van der Waals surface area contributed by atoms with Crippen LogP contribution in [0.15, 0.2) is 30.5 Å². The molecule has 5 heteroatoms. The zero-order valence-corrected chi connectivity index (χ0v) is 12.3. The molecule has 21 heavy (non-hydrogen) atoms. The predicted octanol–water partition coefficient (Wildman–Crippen LogP) is 3.49. The molecular weight excluding hydrogens is 269 g/mol. The Balaban J connectivity index is 2.39. The molecule has 2 aromatic rings. The van der Waals surface area contributed by atoms with Gasteiger partial charge in [-0.1, -0.05) is 32.0 Å². The maximum absolute atomic E-state index is 13.9. The zero-order chi connectivity index (χ0) is 15.6. The number of nitrogens with zero attached hydrogens (tertiary/aromatic N) is 1. The van der Waals surface area contributed by atoms with Crippen molar-refractivity contribution in [3.63, 3.8) is 0 Å². The van der Waals surface area contributed by atoms with E-state index in [-0.39, 0.29) is 17.3 Å². The molecule has 0 saturated heterocycles. The van der Waals surface area contributed by atoms with Gasteiger partial charge in [0.25, 0.3) is 5.91 Å². The van der Waals surface area contributed by atoms with E-state index in [0.717, 1.165) is 11.1 Å². The molecule has 1 amide bonds. The number of aryl methyl sites for hydroxylation is 1. The number of anilines is 2. The number of hydrogen-bond acceptors (Lipinski definition) is 3. The molecule has 3 N–H and O–H groups in total. The molecule has 110 valence electrons. The van der Waals surface area contributed by atoms with E-state index in [4.69, 9.17) is 5.73 Å². The number of pyridine rings is 1. The number of aromatic nitrogens is 1. The topological polar surface area (TPSA) is 68.0 Å². The summed E-state index contributed by atoms with van der Waals surface area (Å²) in [6.07, 6.45) is 1.31. The number of benzene rings is 1. The first-order chi connectivity index (χ1) is 9.91. The van der Waals surface area contributed by atoms with Gasteiger partial charge in [-0.3, -0.25) is 4.79 Å². The summed E-state index contributed by atoms with van der Waals surface area (Å²) in [6, 6.07) is 7.10. The van der Waals surface area contributed by atoms with E-state index in [9.17, 15) is 9.18 Å². The summed E-state index contributed by atoms with van der Waals surface area (Å²) < 4.78 is 13.9. The van der Waals surface area contributed by atoms with Crippen molar-refractivity contribution in [3.8, 4) is 0 Å². The number of nitrogens with two attached hydrogens (primary N) is 1. The van der Waals surface area contributed by atoms with Gasteiger partial charge < -0.3 is 11.1 Å². The minimum atomic E-state index is -0.797. The fourth-order valence-electron chi connectivity index (χ4n) is 2.16. The van der Waals surface area contributed by atoms with Crippen LogP contribution in [-0.2, 0) is 0 Å². The van der Waals surface area contributed by atoms with Gasteiger partial charge in [0.15, 0.2) is 11.6 Å². The highest BCUT2D eigenvalue weighted by molar-refractivity contribution is 6.05. The van der Waals surface area contributed by atoms with Crippen LogP contribution in [0.3, 0.4) is 0 Å². The number of hydrogen-bond donors (Lipinski definition) is 2. The van der Waals surface area contributed by atoms with Gasteiger partial charge in [0.1, 0.15) is 0 Å². The maximum Gasteiger partial charge on any atom is 0.258 e. The summed E-state index contributed by atoms with van der Waals surface area (Å²) in [6.45, 7) is 5.98. The van der Waals surface area contributed by atoms with Crippen LogP contribution < -0.4 is 11.1 Å². The lowest BCUT2D eigenvalue weighted by molar-refractivity contribution is 0.102. The first kappa shape index (κ1) is 15.0. The lowest BCUT2D eigenvalue weighted by Crippen LogP contribution is -2.17. The summed E-state index contributed by atoms with van der Waals surface area (Å²) >= 11 is 0. The Morgan fingerprint density at radius 3 is 2.71 bits per heavy atom. The van der Waals surface area contributed by atoms with E-state index in [2.05, 4.69) is 10.3 Å². The van der Waals surface area contributed by atoms with Crippen LogP contribution in [0.2, 0.25) is 0 Å². The smallest absolute Gasteiger partial charge is 0.258 e. The summed E-state index contributed by atoms with van der Waals surface area (Å²) in [7, 11) is 0. The van der Waals surface area contributed by atoms with Gasteiger partial charge in [-0.15, -0.1) is 0 Å². The van der Waals surface area contributed by atoms with E-state index in [0.29, 0.717) is 5.69 Å². The van der Waals surface area contributed by atoms with Crippen LogP contribution in [0.5, 0.6) is 0 Å². The normalized spacial score (nSPS) is 10.7. The van der Waals surface area contributed by atoms with Crippen molar-refractivity contribution in [2.45, 2.75) is 26.7 Å². The number of amides is 1. The molecule has 2 rings (SSSR count). The quantitative estimate of drug-likeness (QED) is 0.908. The molecule has 4 nitrogen and oxygen atoms in total. The van der Waals surface area contributed by atoms with Crippen LogP contribution in [0.1, 0.15) is 41.3 Å². The lowest BCUT2D eigenvalue weighted by Gasteiger charge is -2.16. The molecular formula is C16H18FN3O. The van der Waals surface area contributed by atoms with E-state index < -0.39 is 11.7 Å². The van der Waals surface area contributed by atoms with Crippen molar-refractivity contribution in [1.82, 2.24) is 4.98 Å². The highest BCUT2D eigenvalue weighted by Gasteiger charge is 2.17. The van der Waals surface area contributed by atoms with Crippen molar-refractivity contribution in [2.75, 3.05) is 11.1 Å². The van der Waals surface area contributed by atoms with E-state index in [1.807, 2.05) is 39.0 Å². The third-order valence-corrected chi connectivity index (χ3v) is 3.33. The molecule has 0 saturated carbocycles. The van der Waals surface area contributed by atoms with Crippen LogP contribution in [0.4, 0.5) is 15.9 Å². The molecule has 0 atom stereocenters. The molecule has 1 aromatic carbocycles. The molecule has 0 aliphatic rings. The summed E-state index contributed by atoms with van der Waals surface area (Å²) in [5.74, 6) is -1.36. The molecule has 1 aromatic heterocycles. The molecule has 1 heterocycles. The second-order valence-electron chi connectivity index (χ2n) is 5.21. The maximum atomic E-state index is 13.9. The Morgan fingerprint density at radius 1 is 1.33 bits per heavy atom. The van der Waals surface area contributed by atoms with Crippen LogP contribution in [-0.4, -0.2) is 10.9 Å². The second kappa shape index (κ2) is 5.91. The van der Waals surface area contributed by atoms with Crippen molar-refractivity contribution >= 4 is 17.4 Å². The third kappa shape index (κ3) is 3.02. The largest absolute Gasteiger partial charge is 0.381 e. The minimum absolute atomic E-state index is 0.111. The molecule has 0 bridgehead atoms. The summed E-state index contributed by atoms with van der Waals surface area (Å²) in [5.41, 5.74) is 7.93. The van der Waals surface area contributed by atoms with Gasteiger partial charge >= 0.3 is 0 Å². The number of carbonyl (C=O) groups excluding carboxylic acids is 1. The van der Waals surface area contributed by atoms with Crippen LogP contribution in [0.25, 0.3) is 0 Å². The van der Waals surface area contributed by atoms with E-state index >= 15 is 0 Å². The SMILES string of the molecule is Cc1cccc(C(C)C)c1NC(=O)c1ccnc(N)c1F. The number of nitrogens with one attached hydrogen (secondary N) is 1. The Hall–Kier alpha value is -2.43. The van der Waals surface area contributed by atoms with Gasteiger partial charge in [0, 0.05) is 11.9 Å². The number of para-hydroxylation sites is 1. The monoisotopic (exact) mass is 287 g/mol. The highest BCUT2D eigenvalue weighted by atomic mass is 19.1. The number of rotatable bonds is 3. The van der Waals surface area contributed by atoms with E-state index in [1.54, 1.807) is 0 Å². The van der Waals surface area contributed by atoms with Crippen molar-refractivity contribution < 1.29 is 9.18 Å². The van der Waals surface area contributed by atoms with Crippen LogP contribution in [0, 0.1) is 12.7 Å². The molecule has 0 radical (unpaired) electrons. The summed E-state index contributed by atoms with van der Waals surface area (Å²) in [4.78, 5) is 15.9. The second-order valence-corrected chi connectivity index (χ2v) is 5.21. The Labute approximate surface area is 123 Å². The number of nitrogen functional groups attached to an aromatic ring is 1. The fraction of sp³-hybridized carbons (Fsp3) is 0.250. The first-order valence-electron chi connectivity index (χ1n) is 6.72. The fourth-order valence-corrected chi connectivity index (χ4v) is 2.16. The van der Waals surface area contributed by atoms with Crippen molar-refractivity contribution in [3.05, 3.63) is 53.0 Å². The van der Waals surface area contributed by atoms with Gasteiger partial charge in [0.05, 0.1) is 5.56 Å². The zero-order valence-electron chi connectivity index (χ0n) is 12.3. The van der Waals surface area contributed by atoms with Gasteiger partial charge in [-0.2, -0.15) is 0 Å². The minimum Gasteiger partial charge on any atom is -0.381 e. The van der Waals surface area contributed by atoms with Gasteiger partial charge in [-0.05, 0) is 30.0 Å². The highest BCUT2D eigenvalue weighted by Crippen LogP contribution is 2.28. The lowest BCUT2D eigenvalue weighted by atomic mass is 9.98.